The van der Waals surface area contributed by atoms with Gasteiger partial charge in [0.15, 0.2) is 22.8 Å². The predicted molar refractivity (Wildman–Crippen MR) is 93.2 cm³/mol. The van der Waals surface area contributed by atoms with Gasteiger partial charge in [-0.3, -0.25) is 0 Å². The van der Waals surface area contributed by atoms with Gasteiger partial charge in [0.25, 0.3) is 0 Å². The number of rotatable bonds is 4. The third kappa shape index (κ3) is 2.89. The van der Waals surface area contributed by atoms with Gasteiger partial charge in [-0.2, -0.15) is 0 Å². The number of methoxy groups -OCH3 is 1. The van der Waals surface area contributed by atoms with E-state index in [1.807, 2.05) is 6.92 Å². The number of aromatic carboxylic acids is 1. The average Bonchev–Trinajstić information content (AvgIpc) is 2.90. The van der Waals surface area contributed by atoms with E-state index >= 15 is 0 Å². The molecule has 0 radical (unpaired) electrons. The van der Waals surface area contributed by atoms with E-state index in [1.54, 1.807) is 36.4 Å². The molecule has 3 N–H and O–H groups in total. The summed E-state index contributed by atoms with van der Waals surface area (Å²) in [7, 11) is 1.47. The monoisotopic (exact) mass is 340 g/mol. The standard InChI is InChI=1S/C19H16O6/c1-10-12-5-6-13(19(22)23)17(21)18(12)25-15(10)7-3-11-4-8-16(24-2)14(20)9-11/h3-9,20-21H,1-2H3,(H,22,23)/b7-3+. The maximum atomic E-state index is 11.1. The van der Waals surface area contributed by atoms with E-state index in [4.69, 9.17) is 14.3 Å². The Morgan fingerprint density at radius 3 is 2.56 bits per heavy atom. The lowest BCUT2D eigenvalue weighted by molar-refractivity contribution is 0.0694. The summed E-state index contributed by atoms with van der Waals surface area (Å²) >= 11 is 0. The van der Waals surface area contributed by atoms with E-state index in [0.29, 0.717) is 16.9 Å². The van der Waals surface area contributed by atoms with Crippen molar-refractivity contribution < 1.29 is 29.3 Å². The van der Waals surface area contributed by atoms with E-state index in [0.717, 1.165) is 11.1 Å². The lowest BCUT2D eigenvalue weighted by atomic mass is 10.1. The van der Waals surface area contributed by atoms with Gasteiger partial charge >= 0.3 is 5.97 Å². The number of carboxylic acid groups (broad SMARTS) is 1. The van der Waals surface area contributed by atoms with E-state index < -0.39 is 11.7 Å². The van der Waals surface area contributed by atoms with Crippen LogP contribution in [0.1, 0.15) is 27.2 Å². The summed E-state index contributed by atoms with van der Waals surface area (Å²) < 4.78 is 10.6. The summed E-state index contributed by atoms with van der Waals surface area (Å²) in [5.41, 5.74) is 1.43. The number of ether oxygens (including phenoxy) is 1. The van der Waals surface area contributed by atoms with Crippen LogP contribution in [0.5, 0.6) is 17.2 Å². The molecule has 0 aliphatic carbocycles. The molecule has 25 heavy (non-hydrogen) atoms. The summed E-state index contributed by atoms with van der Waals surface area (Å²) in [5, 5.41) is 29.6. The molecule has 0 aliphatic heterocycles. The molecule has 0 amide bonds. The highest BCUT2D eigenvalue weighted by Gasteiger charge is 2.18. The van der Waals surface area contributed by atoms with E-state index in [-0.39, 0.29) is 16.9 Å². The smallest absolute Gasteiger partial charge is 0.339 e. The normalized spacial score (nSPS) is 11.3. The largest absolute Gasteiger partial charge is 0.504 e. The van der Waals surface area contributed by atoms with Crippen LogP contribution in [0.3, 0.4) is 0 Å². The van der Waals surface area contributed by atoms with Crippen LogP contribution >= 0.6 is 0 Å². The molecule has 3 aromatic rings. The Morgan fingerprint density at radius 2 is 1.92 bits per heavy atom. The summed E-state index contributed by atoms with van der Waals surface area (Å²) in [4.78, 5) is 11.1. The van der Waals surface area contributed by atoms with E-state index in [2.05, 4.69) is 0 Å². The average molecular weight is 340 g/mol. The van der Waals surface area contributed by atoms with Crippen LogP contribution in [0.4, 0.5) is 0 Å². The second-order valence-electron chi connectivity index (χ2n) is 5.50. The maximum Gasteiger partial charge on any atom is 0.339 e. The Balaban J connectivity index is 2.01. The van der Waals surface area contributed by atoms with Crippen molar-refractivity contribution in [3.05, 3.63) is 52.8 Å². The Kier molecular flexibility index (Phi) is 4.10. The highest BCUT2D eigenvalue weighted by atomic mass is 16.5. The quantitative estimate of drug-likeness (QED) is 0.663. The molecule has 1 heterocycles. The van der Waals surface area contributed by atoms with Crippen molar-refractivity contribution in [2.75, 3.05) is 7.11 Å². The van der Waals surface area contributed by atoms with Crippen molar-refractivity contribution in [3.63, 3.8) is 0 Å². The number of aromatic hydroxyl groups is 2. The Labute approximate surface area is 143 Å². The lowest BCUT2D eigenvalue weighted by Gasteiger charge is -2.03. The van der Waals surface area contributed by atoms with E-state index in [1.165, 1.54) is 13.2 Å². The molecule has 1 aromatic heterocycles. The highest BCUT2D eigenvalue weighted by Crippen LogP contribution is 2.35. The zero-order chi connectivity index (χ0) is 18.1. The molecule has 2 aromatic carbocycles. The molecule has 0 fully saturated rings. The number of phenolic OH excluding ortho intramolecular Hbond substituents is 1. The van der Waals surface area contributed by atoms with Crippen molar-refractivity contribution in [3.8, 4) is 17.2 Å². The SMILES string of the molecule is COc1ccc(/C=C/c2oc3c(O)c(C(=O)O)ccc3c2C)cc1O. The summed E-state index contributed by atoms with van der Waals surface area (Å²) in [6.07, 6.45) is 3.43. The van der Waals surface area contributed by atoms with Crippen molar-refractivity contribution in [1.29, 1.82) is 0 Å². The number of hydrogen-bond acceptors (Lipinski definition) is 5. The molecule has 3 rings (SSSR count). The molecule has 6 heteroatoms. The van der Waals surface area contributed by atoms with Gasteiger partial charge in [-0.25, -0.2) is 4.79 Å². The minimum atomic E-state index is -1.22. The molecule has 128 valence electrons. The predicted octanol–water partition coefficient (Wildman–Crippen LogP) is 4.03. The first-order valence-electron chi connectivity index (χ1n) is 7.45. The van der Waals surface area contributed by atoms with Gasteiger partial charge in [0.05, 0.1) is 7.11 Å². The zero-order valence-corrected chi connectivity index (χ0v) is 13.6. The minimum absolute atomic E-state index is 0.0229. The molecular formula is C19H16O6. The number of aryl methyl sites for hydroxylation is 1. The molecular weight excluding hydrogens is 324 g/mol. The lowest BCUT2D eigenvalue weighted by Crippen LogP contribution is -1.96. The third-order valence-electron chi connectivity index (χ3n) is 3.98. The molecule has 0 saturated heterocycles. The Morgan fingerprint density at radius 1 is 1.16 bits per heavy atom. The summed E-state index contributed by atoms with van der Waals surface area (Å²) in [5.74, 6) is -0.727. The van der Waals surface area contributed by atoms with Gasteiger partial charge in [-0.1, -0.05) is 12.1 Å². The molecule has 0 unspecified atom stereocenters. The number of hydrogen-bond donors (Lipinski definition) is 3. The van der Waals surface area contributed by atoms with Crippen LogP contribution in [-0.4, -0.2) is 28.4 Å². The molecule has 0 aliphatic rings. The maximum absolute atomic E-state index is 11.1. The fourth-order valence-electron chi connectivity index (χ4n) is 2.60. The Bertz CT molecular complexity index is 997. The second kappa shape index (κ2) is 6.24. The molecule has 6 nitrogen and oxygen atoms in total. The third-order valence-corrected chi connectivity index (χ3v) is 3.98. The first kappa shape index (κ1) is 16.4. The van der Waals surface area contributed by atoms with Crippen molar-refractivity contribution in [1.82, 2.24) is 0 Å². The van der Waals surface area contributed by atoms with Crippen LogP contribution in [0.2, 0.25) is 0 Å². The summed E-state index contributed by atoms with van der Waals surface area (Å²) in [6, 6.07) is 7.91. The number of furan rings is 1. The molecule has 0 spiro atoms. The summed E-state index contributed by atoms with van der Waals surface area (Å²) in [6.45, 7) is 1.82. The first-order chi connectivity index (χ1) is 11.9. The van der Waals surface area contributed by atoms with Gasteiger partial charge in [-0.05, 0) is 42.8 Å². The number of benzene rings is 2. The van der Waals surface area contributed by atoms with Crippen molar-refractivity contribution >= 4 is 29.1 Å². The van der Waals surface area contributed by atoms with Crippen molar-refractivity contribution in [2.24, 2.45) is 0 Å². The zero-order valence-electron chi connectivity index (χ0n) is 13.6. The van der Waals surface area contributed by atoms with Crippen LogP contribution in [0.25, 0.3) is 23.1 Å². The topological polar surface area (TPSA) is 100 Å². The second-order valence-corrected chi connectivity index (χ2v) is 5.50. The molecule has 0 atom stereocenters. The molecule has 0 bridgehead atoms. The number of carbonyl (C=O) groups is 1. The van der Waals surface area contributed by atoms with E-state index in [9.17, 15) is 15.0 Å². The number of carboxylic acids is 1. The van der Waals surface area contributed by atoms with Gasteiger partial charge in [-0.15, -0.1) is 0 Å². The van der Waals surface area contributed by atoms with Crippen LogP contribution in [0, 0.1) is 6.92 Å². The van der Waals surface area contributed by atoms with Gasteiger partial charge in [0.2, 0.25) is 0 Å². The highest BCUT2D eigenvalue weighted by molar-refractivity contribution is 6.00. The van der Waals surface area contributed by atoms with Crippen LogP contribution in [0.15, 0.2) is 34.7 Å². The minimum Gasteiger partial charge on any atom is -0.504 e. The van der Waals surface area contributed by atoms with Gasteiger partial charge in [0.1, 0.15) is 11.3 Å². The van der Waals surface area contributed by atoms with Crippen molar-refractivity contribution in [2.45, 2.75) is 6.92 Å². The number of phenols is 2. The van der Waals surface area contributed by atoms with Crippen LogP contribution in [-0.2, 0) is 0 Å². The fourth-order valence-corrected chi connectivity index (χ4v) is 2.60. The van der Waals surface area contributed by atoms with Gasteiger partial charge in [0, 0.05) is 10.9 Å². The fraction of sp³-hybridized carbons (Fsp3) is 0.105. The molecule has 0 saturated carbocycles. The first-order valence-corrected chi connectivity index (χ1v) is 7.45. The van der Waals surface area contributed by atoms with Gasteiger partial charge < -0.3 is 24.5 Å². The number of fused-ring (bicyclic) bond motifs is 1. The van der Waals surface area contributed by atoms with Crippen LogP contribution < -0.4 is 4.74 Å². The Hall–Kier alpha value is -3.41.